The molecule has 0 bridgehead atoms. The highest BCUT2D eigenvalue weighted by molar-refractivity contribution is 5.78. The maximum atomic E-state index is 12.1. The highest BCUT2D eigenvalue weighted by Gasteiger charge is 2.15. The molecule has 2 rings (SSSR count). The van der Waals surface area contributed by atoms with Crippen molar-refractivity contribution in [3.63, 3.8) is 0 Å². The Kier molecular flexibility index (Phi) is 6.02. The fraction of sp³-hybridized carbons (Fsp3) is 0.562. The molecule has 1 aliphatic heterocycles. The summed E-state index contributed by atoms with van der Waals surface area (Å²) in [5, 5.41) is 6.40. The highest BCUT2D eigenvalue weighted by Crippen LogP contribution is 2.17. The van der Waals surface area contributed by atoms with E-state index in [1.807, 2.05) is 31.2 Å². The topological polar surface area (TPSA) is 53.6 Å². The molecule has 5 nitrogen and oxygen atoms in total. The van der Waals surface area contributed by atoms with Gasteiger partial charge in [0.25, 0.3) is 0 Å². The molecule has 0 spiro atoms. The molecule has 1 aliphatic rings. The summed E-state index contributed by atoms with van der Waals surface area (Å²) in [6.45, 7) is 6.40. The van der Waals surface area contributed by atoms with Gasteiger partial charge < -0.3 is 15.4 Å². The van der Waals surface area contributed by atoms with Gasteiger partial charge in [0.2, 0.25) is 5.91 Å². The predicted molar refractivity (Wildman–Crippen MR) is 83.5 cm³/mol. The van der Waals surface area contributed by atoms with E-state index < -0.39 is 0 Å². The minimum Gasteiger partial charge on any atom is -0.497 e. The molecule has 21 heavy (non-hydrogen) atoms. The molecule has 1 fully saturated rings. The molecule has 0 radical (unpaired) electrons. The molecule has 116 valence electrons. The molecule has 1 atom stereocenters. The van der Waals surface area contributed by atoms with Crippen molar-refractivity contribution in [3.05, 3.63) is 29.8 Å². The van der Waals surface area contributed by atoms with Crippen molar-refractivity contribution >= 4 is 5.91 Å². The number of nitrogens with one attached hydrogen (secondary N) is 2. The summed E-state index contributed by atoms with van der Waals surface area (Å²) in [6.07, 6.45) is 1.10. The zero-order chi connectivity index (χ0) is 15.1. The Labute approximate surface area is 126 Å². The van der Waals surface area contributed by atoms with E-state index >= 15 is 0 Å². The molecule has 0 aliphatic carbocycles. The minimum absolute atomic E-state index is 0.00788. The van der Waals surface area contributed by atoms with Crippen molar-refractivity contribution in [1.82, 2.24) is 15.5 Å². The Balaban J connectivity index is 1.82. The van der Waals surface area contributed by atoms with Crippen LogP contribution in [0.1, 0.15) is 24.9 Å². The van der Waals surface area contributed by atoms with Crippen LogP contribution in [0, 0.1) is 0 Å². The van der Waals surface area contributed by atoms with Gasteiger partial charge in [-0.3, -0.25) is 9.69 Å². The van der Waals surface area contributed by atoms with Crippen molar-refractivity contribution in [2.24, 2.45) is 0 Å². The van der Waals surface area contributed by atoms with Gasteiger partial charge in [-0.15, -0.1) is 0 Å². The molecule has 1 aromatic rings. The van der Waals surface area contributed by atoms with Crippen LogP contribution in [0.5, 0.6) is 5.75 Å². The summed E-state index contributed by atoms with van der Waals surface area (Å²) in [4.78, 5) is 14.3. The van der Waals surface area contributed by atoms with E-state index in [1.165, 1.54) is 0 Å². The average Bonchev–Trinajstić information content (AvgIpc) is 2.75. The largest absolute Gasteiger partial charge is 0.497 e. The Morgan fingerprint density at radius 1 is 1.33 bits per heavy atom. The third-order valence-electron chi connectivity index (χ3n) is 3.79. The Bertz CT molecular complexity index is 439. The molecule has 2 N–H and O–H groups in total. The predicted octanol–water partition coefficient (Wildman–Crippen LogP) is 1.17. The van der Waals surface area contributed by atoms with Crippen LogP contribution in [0.2, 0.25) is 0 Å². The number of carbonyl (C=O) groups is 1. The first kappa shape index (κ1) is 15.8. The highest BCUT2D eigenvalue weighted by atomic mass is 16.5. The molecular formula is C16H25N3O2. The summed E-state index contributed by atoms with van der Waals surface area (Å²) in [5.74, 6) is 0.912. The Morgan fingerprint density at radius 3 is 2.81 bits per heavy atom. The quantitative estimate of drug-likeness (QED) is 0.855. The minimum atomic E-state index is 0.00788. The molecule has 1 unspecified atom stereocenters. The fourth-order valence-electron chi connectivity index (χ4n) is 2.53. The summed E-state index contributed by atoms with van der Waals surface area (Å²) >= 11 is 0. The number of rotatable bonds is 5. The SMILES string of the molecule is COc1ccc(C(C)NC(=O)CN2CCCNCC2)cc1. The third-order valence-corrected chi connectivity index (χ3v) is 3.79. The van der Waals surface area contributed by atoms with Crippen LogP contribution in [0.25, 0.3) is 0 Å². The number of carbonyl (C=O) groups excluding carboxylic acids is 1. The zero-order valence-corrected chi connectivity index (χ0v) is 12.9. The van der Waals surface area contributed by atoms with Crippen molar-refractivity contribution in [1.29, 1.82) is 0 Å². The maximum absolute atomic E-state index is 12.1. The van der Waals surface area contributed by atoms with Crippen LogP contribution in [0.15, 0.2) is 24.3 Å². The number of hydrogen-bond acceptors (Lipinski definition) is 4. The second-order valence-corrected chi connectivity index (χ2v) is 5.44. The fourth-order valence-corrected chi connectivity index (χ4v) is 2.53. The lowest BCUT2D eigenvalue weighted by molar-refractivity contribution is -0.122. The molecule has 1 aromatic carbocycles. The number of hydrogen-bond donors (Lipinski definition) is 2. The first-order valence-corrected chi connectivity index (χ1v) is 7.55. The molecule has 0 aromatic heterocycles. The molecule has 1 amide bonds. The summed E-state index contributed by atoms with van der Waals surface area (Å²) in [6, 6.07) is 7.81. The van der Waals surface area contributed by atoms with Crippen molar-refractivity contribution in [2.75, 3.05) is 39.8 Å². The van der Waals surface area contributed by atoms with E-state index in [4.69, 9.17) is 4.74 Å². The van der Waals surface area contributed by atoms with Gasteiger partial charge in [-0.2, -0.15) is 0 Å². The lowest BCUT2D eigenvalue weighted by Gasteiger charge is -2.21. The van der Waals surface area contributed by atoms with Gasteiger partial charge in [0.05, 0.1) is 19.7 Å². The van der Waals surface area contributed by atoms with Crippen LogP contribution in [0.3, 0.4) is 0 Å². The molecule has 1 saturated heterocycles. The van der Waals surface area contributed by atoms with E-state index in [9.17, 15) is 4.79 Å². The van der Waals surface area contributed by atoms with E-state index in [0.29, 0.717) is 6.54 Å². The van der Waals surface area contributed by atoms with E-state index in [2.05, 4.69) is 15.5 Å². The normalized spacial score (nSPS) is 17.8. The molecule has 0 saturated carbocycles. The van der Waals surface area contributed by atoms with Gasteiger partial charge in [-0.1, -0.05) is 12.1 Å². The van der Waals surface area contributed by atoms with Crippen LogP contribution >= 0.6 is 0 Å². The van der Waals surface area contributed by atoms with E-state index in [-0.39, 0.29) is 11.9 Å². The second kappa shape index (κ2) is 8.00. The van der Waals surface area contributed by atoms with Gasteiger partial charge in [0.15, 0.2) is 0 Å². The maximum Gasteiger partial charge on any atom is 0.234 e. The monoisotopic (exact) mass is 291 g/mol. The number of methoxy groups -OCH3 is 1. The van der Waals surface area contributed by atoms with E-state index in [0.717, 1.165) is 43.9 Å². The smallest absolute Gasteiger partial charge is 0.234 e. The lowest BCUT2D eigenvalue weighted by Crippen LogP contribution is -2.39. The van der Waals surface area contributed by atoms with Crippen molar-refractivity contribution < 1.29 is 9.53 Å². The Morgan fingerprint density at radius 2 is 2.10 bits per heavy atom. The molecule has 1 heterocycles. The average molecular weight is 291 g/mol. The number of amides is 1. The standard InChI is InChI=1S/C16H25N3O2/c1-13(14-4-6-15(21-2)7-5-14)18-16(20)12-19-10-3-8-17-9-11-19/h4-7,13,17H,3,8-12H2,1-2H3,(H,18,20). The molecule has 5 heteroatoms. The van der Waals surface area contributed by atoms with Crippen LogP contribution in [-0.4, -0.2) is 50.6 Å². The van der Waals surface area contributed by atoms with Gasteiger partial charge >= 0.3 is 0 Å². The zero-order valence-electron chi connectivity index (χ0n) is 12.9. The van der Waals surface area contributed by atoms with Gasteiger partial charge in [0.1, 0.15) is 5.75 Å². The van der Waals surface area contributed by atoms with Crippen molar-refractivity contribution in [3.8, 4) is 5.75 Å². The van der Waals surface area contributed by atoms with Crippen LogP contribution in [0.4, 0.5) is 0 Å². The van der Waals surface area contributed by atoms with Gasteiger partial charge in [-0.25, -0.2) is 0 Å². The van der Waals surface area contributed by atoms with Crippen LogP contribution < -0.4 is 15.4 Å². The summed E-state index contributed by atoms with van der Waals surface area (Å²) < 4.78 is 5.14. The van der Waals surface area contributed by atoms with Crippen molar-refractivity contribution in [2.45, 2.75) is 19.4 Å². The number of ether oxygens (including phenoxy) is 1. The van der Waals surface area contributed by atoms with Gasteiger partial charge in [0, 0.05) is 13.1 Å². The Hall–Kier alpha value is -1.59. The number of benzene rings is 1. The number of nitrogens with zero attached hydrogens (tertiary/aromatic N) is 1. The summed E-state index contributed by atoms with van der Waals surface area (Å²) in [7, 11) is 1.65. The molecular weight excluding hydrogens is 266 g/mol. The first-order chi connectivity index (χ1) is 10.2. The summed E-state index contributed by atoms with van der Waals surface area (Å²) in [5.41, 5.74) is 1.08. The second-order valence-electron chi connectivity index (χ2n) is 5.44. The third kappa shape index (κ3) is 5.02. The van der Waals surface area contributed by atoms with Gasteiger partial charge in [-0.05, 0) is 44.1 Å². The first-order valence-electron chi connectivity index (χ1n) is 7.55. The lowest BCUT2D eigenvalue weighted by atomic mass is 10.1. The van der Waals surface area contributed by atoms with E-state index in [1.54, 1.807) is 7.11 Å². The van der Waals surface area contributed by atoms with Crippen LogP contribution in [-0.2, 0) is 4.79 Å².